The van der Waals surface area contributed by atoms with Crippen molar-refractivity contribution in [1.29, 1.82) is 0 Å². The normalized spacial score (nSPS) is 9.58. The summed E-state index contributed by atoms with van der Waals surface area (Å²) in [6.45, 7) is 0. The van der Waals surface area contributed by atoms with Crippen LogP contribution in [0.2, 0.25) is 0 Å². The second-order valence-electron chi connectivity index (χ2n) is 0.583. The van der Waals surface area contributed by atoms with Crippen molar-refractivity contribution in [2.75, 3.05) is 0 Å². The molecule has 0 aliphatic rings. The SMILES string of the molecule is C.C.C.C.C.C.[Cl][Mo]([Cl])([Cl])([Cl])[Cl]. The van der Waals surface area contributed by atoms with Crippen LogP contribution in [-0.2, 0) is 9.60 Å². The second kappa shape index (κ2) is 13.1. The molecule has 0 heterocycles. The second-order valence-corrected chi connectivity index (χ2v) is 31.1. The zero-order valence-electron chi connectivity index (χ0n) is 2.30. The molecule has 0 aliphatic heterocycles. The van der Waals surface area contributed by atoms with Crippen LogP contribution in [0.15, 0.2) is 0 Å². The van der Waals surface area contributed by atoms with Crippen molar-refractivity contribution < 1.29 is 9.60 Å². The standard InChI is InChI=1S/6CH4.5ClH.Mo/h6*1H4;5*1H;/q;;;;;;;;;;;+5/p-5. The molecule has 0 radical (unpaired) electrons. The molecule has 12 heavy (non-hydrogen) atoms. The Morgan fingerprint density at radius 1 is 0.417 bits per heavy atom. The van der Waals surface area contributed by atoms with E-state index in [0.29, 0.717) is 0 Å². The first kappa shape index (κ1) is 47.9. The molecule has 0 aromatic heterocycles. The monoisotopic (exact) mass is 369 g/mol. The molecule has 0 aromatic rings. The first-order valence-electron chi connectivity index (χ1n) is 0.772. The van der Waals surface area contributed by atoms with Crippen LogP contribution in [0, 0.1) is 0 Å². The Hall–Kier alpha value is 2.14. The zero-order chi connectivity index (χ0) is 5.45. The van der Waals surface area contributed by atoms with E-state index >= 15 is 0 Å². The van der Waals surface area contributed by atoms with Crippen molar-refractivity contribution in [3.05, 3.63) is 0 Å². The van der Waals surface area contributed by atoms with Gasteiger partial charge in [0, 0.05) is 0 Å². The van der Waals surface area contributed by atoms with E-state index in [1.165, 1.54) is 0 Å². The molecule has 0 fully saturated rings. The quantitative estimate of drug-likeness (QED) is 0.394. The van der Waals surface area contributed by atoms with Gasteiger partial charge in [-0.3, -0.25) is 0 Å². The van der Waals surface area contributed by atoms with Crippen LogP contribution in [-0.4, -0.2) is 0 Å². The van der Waals surface area contributed by atoms with Gasteiger partial charge in [-0.05, 0) is 0 Å². The van der Waals surface area contributed by atoms with E-state index in [0.717, 1.165) is 0 Å². The van der Waals surface area contributed by atoms with Gasteiger partial charge in [0.05, 0.1) is 0 Å². The predicted octanol–water partition coefficient (Wildman–Crippen LogP) is 7.26. The Kier molecular flexibility index (Phi) is 52.4. The fourth-order valence-electron chi connectivity index (χ4n) is 0. The molecule has 0 saturated carbocycles. The summed E-state index contributed by atoms with van der Waals surface area (Å²) in [6, 6.07) is 0. The van der Waals surface area contributed by atoms with E-state index in [4.69, 9.17) is 47.1 Å². The van der Waals surface area contributed by atoms with E-state index in [9.17, 15) is 0 Å². The molecule has 6 heteroatoms. The van der Waals surface area contributed by atoms with Crippen molar-refractivity contribution in [3.8, 4) is 0 Å². The van der Waals surface area contributed by atoms with Gasteiger partial charge in [-0.25, -0.2) is 0 Å². The number of hydrogen-bond donors (Lipinski definition) is 0. The van der Waals surface area contributed by atoms with Gasteiger partial charge < -0.3 is 0 Å². The van der Waals surface area contributed by atoms with E-state index in [2.05, 4.69) is 0 Å². The van der Waals surface area contributed by atoms with Crippen LogP contribution in [0.5, 0.6) is 0 Å². The summed E-state index contributed by atoms with van der Waals surface area (Å²) in [5.41, 5.74) is 0. The molecule has 0 aromatic carbocycles. The maximum absolute atomic E-state index is 5.04. The van der Waals surface area contributed by atoms with Crippen molar-refractivity contribution in [2.45, 2.75) is 44.6 Å². The van der Waals surface area contributed by atoms with E-state index in [1.807, 2.05) is 0 Å². The molecule has 0 atom stereocenters. The number of rotatable bonds is 0. The Labute approximate surface area is 100 Å². The maximum atomic E-state index is 5.04. The summed E-state index contributed by atoms with van der Waals surface area (Å²) < 4.78 is 0. The molecular weight excluding hydrogens is 345 g/mol. The fraction of sp³-hybridized carbons (Fsp3) is 1.00. The molecule has 0 unspecified atom stereocenters. The van der Waals surface area contributed by atoms with Crippen molar-refractivity contribution in [1.82, 2.24) is 0 Å². The molecule has 0 spiro atoms. The molecule has 0 saturated heterocycles. The van der Waals surface area contributed by atoms with Gasteiger partial charge in [-0.15, -0.1) is 0 Å². The summed E-state index contributed by atoms with van der Waals surface area (Å²) in [7, 11) is 20.9. The average molecular weight is 369 g/mol. The molecule has 89 valence electrons. The summed E-state index contributed by atoms with van der Waals surface area (Å²) in [5.74, 6) is 0. The Morgan fingerprint density at radius 2 is 0.417 bits per heavy atom. The van der Waals surface area contributed by atoms with Gasteiger partial charge in [0.25, 0.3) is 0 Å². The molecule has 0 rings (SSSR count). The average Bonchev–Trinajstić information content (AvgIpc) is 0.650. The van der Waals surface area contributed by atoms with Gasteiger partial charge in [0.1, 0.15) is 0 Å². The Morgan fingerprint density at radius 3 is 0.417 bits per heavy atom. The van der Waals surface area contributed by atoms with E-state index in [-0.39, 0.29) is 44.6 Å². The van der Waals surface area contributed by atoms with Gasteiger partial charge in [-0.2, -0.15) is 0 Å². The molecule has 0 amide bonds. The molecule has 0 aliphatic carbocycles. The summed E-state index contributed by atoms with van der Waals surface area (Å²) in [6.07, 6.45) is 0. The molecular formula is C6H24Cl5Mo. The van der Waals surface area contributed by atoms with Gasteiger partial charge in [0.15, 0.2) is 0 Å². The minimum atomic E-state index is -4.26. The molecule has 0 nitrogen and oxygen atoms in total. The molecule has 0 bridgehead atoms. The van der Waals surface area contributed by atoms with Crippen molar-refractivity contribution in [2.24, 2.45) is 0 Å². The van der Waals surface area contributed by atoms with Crippen LogP contribution in [0.25, 0.3) is 0 Å². The van der Waals surface area contributed by atoms with E-state index < -0.39 is 9.60 Å². The van der Waals surface area contributed by atoms with Gasteiger partial charge >= 0.3 is 56.7 Å². The third kappa shape index (κ3) is 329. The Bertz CT molecular complexity index is 49.1. The topological polar surface area (TPSA) is 0 Å². The first-order valence-corrected chi connectivity index (χ1v) is 13.7. The summed E-state index contributed by atoms with van der Waals surface area (Å²) in [5, 5.41) is 0. The van der Waals surface area contributed by atoms with E-state index in [1.54, 1.807) is 0 Å². The first-order chi connectivity index (χ1) is 2.24. The third-order valence-corrected chi connectivity index (χ3v) is 0. The van der Waals surface area contributed by atoms with Crippen LogP contribution < -0.4 is 0 Å². The summed E-state index contributed by atoms with van der Waals surface area (Å²) >= 11 is 0. The van der Waals surface area contributed by atoms with Gasteiger partial charge in [-0.1, -0.05) is 44.6 Å². The van der Waals surface area contributed by atoms with Gasteiger partial charge in [0.2, 0.25) is 0 Å². The van der Waals surface area contributed by atoms with Crippen LogP contribution >= 0.6 is 47.1 Å². The summed E-state index contributed by atoms with van der Waals surface area (Å²) in [4.78, 5) is 0. The molecule has 0 N–H and O–H groups in total. The number of halogens is 5. The number of hydrogen-bond acceptors (Lipinski definition) is 0. The van der Waals surface area contributed by atoms with Crippen LogP contribution in [0.1, 0.15) is 44.6 Å². The minimum absolute atomic E-state index is 0. The zero-order valence-corrected chi connectivity index (χ0v) is 8.08. The van der Waals surface area contributed by atoms with Crippen molar-refractivity contribution in [3.63, 3.8) is 0 Å². The third-order valence-electron chi connectivity index (χ3n) is 0. The van der Waals surface area contributed by atoms with Crippen LogP contribution in [0.3, 0.4) is 0 Å². The van der Waals surface area contributed by atoms with Crippen molar-refractivity contribution >= 4 is 47.1 Å². The van der Waals surface area contributed by atoms with Crippen LogP contribution in [0.4, 0.5) is 0 Å². The Balaban J connectivity index is -0.00000000833. The fourth-order valence-corrected chi connectivity index (χ4v) is 0. The predicted molar refractivity (Wildman–Crippen MR) is 69.7 cm³/mol.